The van der Waals surface area contributed by atoms with E-state index in [0.29, 0.717) is 28.0 Å². The number of benzene rings is 1. The number of nitriles is 1. The van der Waals surface area contributed by atoms with Crippen molar-refractivity contribution in [1.82, 2.24) is 0 Å². The van der Waals surface area contributed by atoms with Gasteiger partial charge in [-0.25, -0.2) is 4.79 Å². The quantitative estimate of drug-likeness (QED) is 0.616. The van der Waals surface area contributed by atoms with Crippen LogP contribution in [0.4, 0.5) is 5.88 Å². The number of nitrogens with one attached hydrogen (secondary N) is 1. The molecule has 1 N–H and O–H groups in total. The number of hydrogen-bond acceptors (Lipinski definition) is 5. The van der Waals surface area contributed by atoms with Gasteiger partial charge in [0.15, 0.2) is 0 Å². The van der Waals surface area contributed by atoms with Crippen molar-refractivity contribution in [2.24, 2.45) is 0 Å². The Labute approximate surface area is 129 Å². The van der Waals surface area contributed by atoms with E-state index in [-0.39, 0.29) is 0 Å². The van der Waals surface area contributed by atoms with Gasteiger partial charge in [0, 0.05) is 11.9 Å². The molecule has 5 heteroatoms. The van der Waals surface area contributed by atoms with Crippen LogP contribution in [0.5, 0.6) is 0 Å². The highest BCUT2D eigenvalue weighted by Gasteiger charge is 2.16. The van der Waals surface area contributed by atoms with Gasteiger partial charge in [-0.1, -0.05) is 26.2 Å². The first-order chi connectivity index (χ1) is 10.7. The smallest absolute Gasteiger partial charge is 0.337 e. The van der Waals surface area contributed by atoms with Crippen molar-refractivity contribution in [1.29, 1.82) is 5.26 Å². The number of methoxy groups -OCH3 is 1. The monoisotopic (exact) mass is 300 g/mol. The highest BCUT2D eigenvalue weighted by molar-refractivity contribution is 5.97. The van der Waals surface area contributed by atoms with Crippen LogP contribution < -0.4 is 5.32 Å². The lowest BCUT2D eigenvalue weighted by Crippen LogP contribution is -2.01. The third-order valence-electron chi connectivity index (χ3n) is 3.54. The lowest BCUT2D eigenvalue weighted by Gasteiger charge is -2.02. The molecule has 0 saturated heterocycles. The Balaban J connectivity index is 2.21. The molecule has 0 bridgehead atoms. The van der Waals surface area contributed by atoms with Crippen LogP contribution in [-0.4, -0.2) is 19.6 Å². The van der Waals surface area contributed by atoms with Gasteiger partial charge in [0.05, 0.1) is 12.7 Å². The molecule has 0 fully saturated rings. The number of carbonyl (C=O) groups is 1. The van der Waals surface area contributed by atoms with Crippen LogP contribution >= 0.6 is 0 Å². The van der Waals surface area contributed by atoms with Crippen LogP contribution in [0, 0.1) is 11.3 Å². The van der Waals surface area contributed by atoms with Gasteiger partial charge in [0.25, 0.3) is 0 Å². The molecule has 1 heterocycles. The number of fused-ring (bicyclic) bond motifs is 1. The fourth-order valence-electron chi connectivity index (χ4n) is 2.33. The number of anilines is 1. The third-order valence-corrected chi connectivity index (χ3v) is 3.54. The molecular weight excluding hydrogens is 280 g/mol. The summed E-state index contributed by atoms with van der Waals surface area (Å²) in [6.45, 7) is 2.93. The average Bonchev–Trinajstić information content (AvgIpc) is 2.90. The topological polar surface area (TPSA) is 75.3 Å². The summed E-state index contributed by atoms with van der Waals surface area (Å²) in [7, 11) is 1.33. The second-order valence-corrected chi connectivity index (χ2v) is 5.11. The maximum absolute atomic E-state index is 11.6. The minimum absolute atomic E-state index is 0.404. The zero-order chi connectivity index (χ0) is 15.9. The first-order valence-corrected chi connectivity index (χ1v) is 7.50. The maximum atomic E-state index is 11.6. The summed E-state index contributed by atoms with van der Waals surface area (Å²) in [5.74, 6) is 0.0390. The lowest BCUT2D eigenvalue weighted by molar-refractivity contribution is 0.0601. The second-order valence-electron chi connectivity index (χ2n) is 5.11. The van der Waals surface area contributed by atoms with Crippen LogP contribution in [0.15, 0.2) is 22.6 Å². The molecule has 22 heavy (non-hydrogen) atoms. The molecule has 0 radical (unpaired) electrons. The Bertz CT molecular complexity index is 698. The first-order valence-electron chi connectivity index (χ1n) is 7.50. The predicted octanol–water partition coefficient (Wildman–Crippen LogP) is 4.08. The van der Waals surface area contributed by atoms with E-state index in [2.05, 4.69) is 18.3 Å². The largest absolute Gasteiger partial charge is 0.465 e. The molecule has 0 spiro atoms. The Morgan fingerprint density at radius 1 is 1.36 bits per heavy atom. The van der Waals surface area contributed by atoms with E-state index in [4.69, 9.17) is 9.15 Å². The van der Waals surface area contributed by atoms with E-state index < -0.39 is 5.97 Å². The molecule has 0 aliphatic carbocycles. The van der Waals surface area contributed by atoms with E-state index in [0.717, 1.165) is 19.4 Å². The SMILES string of the molecule is CCCCCCNc1oc2ccc(C(=O)OC)cc2c1C#N. The number of carbonyl (C=O) groups excluding carboxylic acids is 1. The van der Waals surface area contributed by atoms with Crippen molar-refractivity contribution in [2.45, 2.75) is 32.6 Å². The Morgan fingerprint density at radius 2 is 2.18 bits per heavy atom. The van der Waals surface area contributed by atoms with Crippen LogP contribution in [-0.2, 0) is 4.74 Å². The minimum Gasteiger partial charge on any atom is -0.465 e. The highest BCUT2D eigenvalue weighted by atomic mass is 16.5. The molecule has 0 unspecified atom stereocenters. The molecule has 5 nitrogen and oxygen atoms in total. The Kier molecular flexibility index (Phi) is 5.42. The van der Waals surface area contributed by atoms with Crippen molar-refractivity contribution in [3.63, 3.8) is 0 Å². The fourth-order valence-corrected chi connectivity index (χ4v) is 2.33. The van der Waals surface area contributed by atoms with Gasteiger partial charge in [0.2, 0.25) is 5.88 Å². The fraction of sp³-hybridized carbons (Fsp3) is 0.412. The normalized spacial score (nSPS) is 10.4. The van der Waals surface area contributed by atoms with Crippen molar-refractivity contribution < 1.29 is 13.9 Å². The zero-order valence-corrected chi connectivity index (χ0v) is 12.9. The summed E-state index contributed by atoms with van der Waals surface area (Å²) in [5, 5.41) is 13.2. The van der Waals surface area contributed by atoms with Crippen LogP contribution in [0.2, 0.25) is 0 Å². The molecule has 0 aliphatic heterocycles. The average molecular weight is 300 g/mol. The number of rotatable bonds is 7. The summed E-state index contributed by atoms with van der Waals surface area (Å²) in [5.41, 5.74) is 1.42. The number of hydrogen-bond donors (Lipinski definition) is 1. The van der Waals surface area contributed by atoms with E-state index in [1.807, 2.05) is 0 Å². The summed E-state index contributed by atoms with van der Waals surface area (Å²) in [6.07, 6.45) is 4.57. The van der Waals surface area contributed by atoms with Crippen molar-refractivity contribution >= 4 is 22.8 Å². The van der Waals surface area contributed by atoms with Crippen LogP contribution in [0.25, 0.3) is 11.0 Å². The maximum Gasteiger partial charge on any atom is 0.337 e. The number of furan rings is 1. The molecule has 0 atom stereocenters. The van der Waals surface area contributed by atoms with Crippen molar-refractivity contribution in [3.8, 4) is 6.07 Å². The molecule has 2 rings (SSSR count). The number of nitrogens with zero attached hydrogens (tertiary/aromatic N) is 1. The van der Waals surface area contributed by atoms with Crippen molar-refractivity contribution in [2.75, 3.05) is 19.0 Å². The summed E-state index contributed by atoms with van der Waals surface area (Å²) >= 11 is 0. The van der Waals surface area contributed by atoms with E-state index in [9.17, 15) is 10.1 Å². The molecule has 2 aromatic rings. The molecule has 0 saturated carbocycles. The third kappa shape index (κ3) is 3.40. The number of ether oxygens (including phenoxy) is 1. The molecule has 1 aromatic carbocycles. The standard InChI is InChI=1S/C17H20N2O3/c1-3-4-5-6-9-19-16-14(11-18)13-10-12(17(20)21-2)7-8-15(13)22-16/h7-8,10,19H,3-6,9H2,1-2H3. The number of unbranched alkanes of at least 4 members (excludes halogenated alkanes) is 3. The second kappa shape index (κ2) is 7.51. The highest BCUT2D eigenvalue weighted by Crippen LogP contribution is 2.30. The van der Waals surface area contributed by atoms with Crippen LogP contribution in [0.1, 0.15) is 48.5 Å². The summed E-state index contributed by atoms with van der Waals surface area (Å²) in [6, 6.07) is 7.09. The molecule has 0 amide bonds. The van der Waals surface area contributed by atoms with Gasteiger partial charge in [-0.05, 0) is 24.6 Å². The van der Waals surface area contributed by atoms with Gasteiger partial charge in [-0.15, -0.1) is 0 Å². The Morgan fingerprint density at radius 3 is 2.86 bits per heavy atom. The Hall–Kier alpha value is -2.48. The molecular formula is C17H20N2O3. The van der Waals surface area contributed by atoms with Gasteiger partial charge >= 0.3 is 5.97 Å². The zero-order valence-electron chi connectivity index (χ0n) is 12.9. The lowest BCUT2D eigenvalue weighted by atomic mass is 10.1. The van der Waals surface area contributed by atoms with Crippen LogP contribution in [0.3, 0.4) is 0 Å². The van der Waals surface area contributed by atoms with E-state index in [1.165, 1.54) is 20.0 Å². The number of esters is 1. The predicted molar refractivity (Wildman–Crippen MR) is 84.9 cm³/mol. The van der Waals surface area contributed by atoms with E-state index in [1.54, 1.807) is 18.2 Å². The minimum atomic E-state index is -0.430. The molecule has 1 aromatic heterocycles. The molecule has 0 aliphatic rings. The van der Waals surface area contributed by atoms with Gasteiger partial charge in [0.1, 0.15) is 17.2 Å². The van der Waals surface area contributed by atoms with Gasteiger partial charge in [-0.3, -0.25) is 0 Å². The van der Waals surface area contributed by atoms with Gasteiger partial charge < -0.3 is 14.5 Å². The first kappa shape index (κ1) is 15.9. The van der Waals surface area contributed by atoms with Crippen molar-refractivity contribution in [3.05, 3.63) is 29.3 Å². The van der Waals surface area contributed by atoms with Gasteiger partial charge in [-0.2, -0.15) is 5.26 Å². The molecule has 116 valence electrons. The summed E-state index contributed by atoms with van der Waals surface area (Å²) in [4.78, 5) is 11.6. The van der Waals surface area contributed by atoms with E-state index >= 15 is 0 Å². The summed E-state index contributed by atoms with van der Waals surface area (Å²) < 4.78 is 10.4.